The Morgan fingerprint density at radius 2 is 1.78 bits per heavy atom. The Hall–Kier alpha value is -3.43. The van der Waals surface area contributed by atoms with Gasteiger partial charge in [-0.25, -0.2) is 9.79 Å². The highest BCUT2D eigenvalue weighted by atomic mass is 79.9. The molecule has 0 saturated heterocycles. The van der Waals surface area contributed by atoms with Gasteiger partial charge < -0.3 is 19.5 Å². The fourth-order valence-electron chi connectivity index (χ4n) is 3.40. The third kappa shape index (κ3) is 6.41. The lowest BCUT2D eigenvalue weighted by atomic mass is 10.1. The molecule has 0 aliphatic carbocycles. The normalized spacial score (nSPS) is 13.8. The van der Waals surface area contributed by atoms with E-state index in [0.29, 0.717) is 46.0 Å². The number of hydrogen-bond donors (Lipinski definition) is 1. The molecule has 0 fully saturated rings. The third-order valence-electron chi connectivity index (χ3n) is 5.00. The maximum Gasteiger partial charge on any atom is 0.363 e. The summed E-state index contributed by atoms with van der Waals surface area (Å²) in [4.78, 5) is 28.1. The summed E-state index contributed by atoms with van der Waals surface area (Å²) in [6.07, 6.45) is 1.63. The smallest absolute Gasteiger partial charge is 0.363 e. The Kier molecular flexibility index (Phi) is 8.22. The van der Waals surface area contributed by atoms with Crippen molar-refractivity contribution >= 4 is 61.4 Å². The second-order valence-electron chi connectivity index (χ2n) is 7.77. The fraction of sp³-hybridized carbons (Fsp3) is 0.148. The lowest BCUT2D eigenvalue weighted by molar-refractivity contribution is -0.129. The van der Waals surface area contributed by atoms with Gasteiger partial charge in [0.2, 0.25) is 11.8 Å². The van der Waals surface area contributed by atoms with Gasteiger partial charge in [0.25, 0.3) is 0 Å². The van der Waals surface area contributed by atoms with Gasteiger partial charge in [-0.2, -0.15) is 0 Å². The van der Waals surface area contributed by atoms with E-state index >= 15 is 0 Å². The molecule has 9 heteroatoms. The van der Waals surface area contributed by atoms with Crippen molar-refractivity contribution in [2.24, 2.45) is 4.99 Å². The van der Waals surface area contributed by atoms with Crippen molar-refractivity contribution in [2.75, 3.05) is 11.9 Å². The van der Waals surface area contributed by atoms with Gasteiger partial charge in [0.15, 0.2) is 17.2 Å². The van der Waals surface area contributed by atoms with Crippen LogP contribution < -0.4 is 14.8 Å². The number of benzene rings is 3. The van der Waals surface area contributed by atoms with E-state index < -0.39 is 5.97 Å². The first-order valence-electron chi connectivity index (χ1n) is 11.1. The number of anilines is 1. The summed E-state index contributed by atoms with van der Waals surface area (Å²) in [5.41, 5.74) is 3.13. The predicted octanol–water partition coefficient (Wildman–Crippen LogP) is 6.49. The zero-order valence-electron chi connectivity index (χ0n) is 19.5. The van der Waals surface area contributed by atoms with Crippen LogP contribution in [0.5, 0.6) is 11.5 Å². The molecule has 0 bridgehead atoms. The van der Waals surface area contributed by atoms with Gasteiger partial charge in [-0.15, -0.1) is 0 Å². The molecule has 7 nitrogen and oxygen atoms in total. The number of nitrogens with zero attached hydrogens (tertiary/aromatic N) is 1. The van der Waals surface area contributed by atoms with Crippen molar-refractivity contribution in [3.63, 3.8) is 0 Å². The largest absolute Gasteiger partial charge is 0.490 e. The first kappa shape index (κ1) is 25.7. The zero-order chi connectivity index (χ0) is 25.7. The van der Waals surface area contributed by atoms with E-state index in [4.69, 9.17) is 14.2 Å². The summed E-state index contributed by atoms with van der Waals surface area (Å²) >= 11 is 7.00. The van der Waals surface area contributed by atoms with Crippen LogP contribution >= 0.6 is 31.9 Å². The second-order valence-corrected chi connectivity index (χ2v) is 9.54. The lowest BCUT2D eigenvalue weighted by Gasteiger charge is -2.15. The molecule has 0 unspecified atom stereocenters. The van der Waals surface area contributed by atoms with Gasteiger partial charge in [-0.05, 0) is 88.6 Å². The zero-order valence-corrected chi connectivity index (χ0v) is 22.7. The minimum atomic E-state index is -0.555. The van der Waals surface area contributed by atoms with Crippen LogP contribution in [0.4, 0.5) is 5.69 Å². The summed E-state index contributed by atoms with van der Waals surface area (Å²) in [6.45, 7) is 4.14. The van der Waals surface area contributed by atoms with Crippen LogP contribution in [0.3, 0.4) is 0 Å². The molecule has 184 valence electrons. The highest BCUT2D eigenvalue weighted by Gasteiger charge is 2.24. The Morgan fingerprint density at radius 3 is 2.44 bits per heavy atom. The van der Waals surface area contributed by atoms with Crippen molar-refractivity contribution in [1.29, 1.82) is 0 Å². The fourth-order valence-corrected chi connectivity index (χ4v) is 4.24. The number of rotatable bonds is 8. The molecule has 1 aliphatic heterocycles. The summed E-state index contributed by atoms with van der Waals surface area (Å²) in [6, 6.07) is 18.4. The minimum absolute atomic E-state index is 0.161. The second kappa shape index (κ2) is 11.5. The van der Waals surface area contributed by atoms with Gasteiger partial charge in [0, 0.05) is 22.6 Å². The van der Waals surface area contributed by atoms with Gasteiger partial charge >= 0.3 is 5.97 Å². The average Bonchev–Trinajstić information content (AvgIpc) is 3.20. The quantitative estimate of drug-likeness (QED) is 0.232. The Balaban J connectivity index is 1.56. The van der Waals surface area contributed by atoms with Gasteiger partial charge in [0.05, 0.1) is 11.1 Å². The van der Waals surface area contributed by atoms with Crippen molar-refractivity contribution in [2.45, 2.75) is 20.5 Å². The summed E-state index contributed by atoms with van der Waals surface area (Å²) < 4.78 is 18.9. The highest BCUT2D eigenvalue weighted by Crippen LogP contribution is 2.38. The third-order valence-corrected chi connectivity index (χ3v) is 6.12. The number of amides is 1. The number of esters is 1. The molecule has 3 aromatic rings. The van der Waals surface area contributed by atoms with Gasteiger partial charge in [0.1, 0.15) is 6.61 Å². The van der Waals surface area contributed by atoms with E-state index in [-0.39, 0.29) is 17.5 Å². The standard InChI is InChI=1S/C27H22Br2N2O5/c1-3-34-24-14-18(12-22(29)25(24)35-15-17-4-8-20(28)9-5-17)13-23-27(33)36-26(31-23)19-6-10-21(11-7-19)30-16(2)32/h4-14H,3,15H2,1-2H3,(H,30,32)/b23-13-. The molecule has 0 radical (unpaired) electrons. The van der Waals surface area contributed by atoms with Crippen LogP contribution in [-0.4, -0.2) is 24.4 Å². The topological polar surface area (TPSA) is 86.2 Å². The molecule has 1 amide bonds. The maximum atomic E-state index is 12.5. The number of carbonyl (C=O) groups excluding carboxylic acids is 2. The first-order chi connectivity index (χ1) is 17.3. The Morgan fingerprint density at radius 1 is 1.06 bits per heavy atom. The Labute approximate surface area is 225 Å². The molecule has 4 rings (SSSR count). The van der Waals surface area contributed by atoms with E-state index in [9.17, 15) is 9.59 Å². The number of hydrogen-bond acceptors (Lipinski definition) is 6. The summed E-state index contributed by atoms with van der Waals surface area (Å²) in [7, 11) is 0. The molecule has 0 atom stereocenters. The van der Waals surface area contributed by atoms with E-state index in [1.807, 2.05) is 37.3 Å². The molecular formula is C27H22Br2N2O5. The van der Waals surface area contributed by atoms with Crippen molar-refractivity contribution < 1.29 is 23.8 Å². The number of carbonyl (C=O) groups is 2. The SMILES string of the molecule is CCOc1cc(/C=C2\N=C(c3ccc(NC(C)=O)cc3)OC2=O)cc(Br)c1OCc1ccc(Br)cc1. The molecule has 0 aromatic heterocycles. The van der Waals surface area contributed by atoms with Crippen LogP contribution in [0.25, 0.3) is 6.08 Å². The number of halogens is 2. The van der Waals surface area contributed by atoms with E-state index in [1.54, 1.807) is 36.4 Å². The number of cyclic esters (lactones) is 1. The van der Waals surface area contributed by atoms with Crippen molar-refractivity contribution in [3.8, 4) is 11.5 Å². The summed E-state index contributed by atoms with van der Waals surface area (Å²) in [5.74, 6) is 0.582. The van der Waals surface area contributed by atoms with E-state index in [1.165, 1.54) is 6.92 Å². The lowest BCUT2D eigenvalue weighted by Crippen LogP contribution is -2.07. The molecule has 0 spiro atoms. The number of ether oxygens (including phenoxy) is 3. The molecule has 1 N–H and O–H groups in total. The van der Waals surface area contributed by atoms with Gasteiger partial charge in [-0.3, -0.25) is 4.79 Å². The molecule has 1 heterocycles. The van der Waals surface area contributed by atoms with Crippen LogP contribution in [0, 0.1) is 0 Å². The number of aliphatic imine (C=N–C) groups is 1. The average molecular weight is 614 g/mol. The maximum absolute atomic E-state index is 12.5. The van der Waals surface area contributed by atoms with Crippen LogP contribution in [0.2, 0.25) is 0 Å². The molecule has 1 aliphatic rings. The van der Waals surface area contributed by atoms with Gasteiger partial charge in [-0.1, -0.05) is 28.1 Å². The minimum Gasteiger partial charge on any atom is -0.490 e. The van der Waals surface area contributed by atoms with E-state index in [0.717, 1.165) is 10.0 Å². The molecular weight excluding hydrogens is 592 g/mol. The molecule has 0 saturated carbocycles. The van der Waals surface area contributed by atoms with Crippen LogP contribution in [0.15, 0.2) is 80.3 Å². The monoisotopic (exact) mass is 612 g/mol. The van der Waals surface area contributed by atoms with E-state index in [2.05, 4.69) is 42.2 Å². The van der Waals surface area contributed by atoms with Crippen molar-refractivity contribution in [3.05, 3.63) is 92.0 Å². The Bertz CT molecular complexity index is 1350. The summed E-state index contributed by atoms with van der Waals surface area (Å²) in [5, 5.41) is 2.69. The number of nitrogens with one attached hydrogen (secondary N) is 1. The predicted molar refractivity (Wildman–Crippen MR) is 145 cm³/mol. The highest BCUT2D eigenvalue weighted by molar-refractivity contribution is 9.10. The molecule has 3 aromatic carbocycles. The van der Waals surface area contributed by atoms with Crippen LogP contribution in [0.1, 0.15) is 30.5 Å². The molecule has 36 heavy (non-hydrogen) atoms. The first-order valence-corrected chi connectivity index (χ1v) is 12.6. The van der Waals surface area contributed by atoms with Crippen molar-refractivity contribution in [1.82, 2.24) is 0 Å². The van der Waals surface area contributed by atoms with Crippen LogP contribution in [-0.2, 0) is 20.9 Å².